The summed E-state index contributed by atoms with van der Waals surface area (Å²) in [5.74, 6) is 0. The summed E-state index contributed by atoms with van der Waals surface area (Å²) in [6.45, 7) is 10.2. The highest BCUT2D eigenvalue weighted by molar-refractivity contribution is 5.74. The first kappa shape index (κ1) is 17.2. The molecule has 1 saturated heterocycles. The Hall–Kier alpha value is -0.850. The summed E-state index contributed by atoms with van der Waals surface area (Å²) in [7, 11) is 3.31. The molecule has 0 aromatic carbocycles. The molecule has 2 amide bonds. The minimum absolute atomic E-state index is 0.0995. The van der Waals surface area contributed by atoms with Crippen LogP contribution in [0.2, 0.25) is 0 Å². The molecule has 0 aromatic rings. The van der Waals surface area contributed by atoms with E-state index < -0.39 is 0 Å². The van der Waals surface area contributed by atoms with E-state index >= 15 is 0 Å². The molecule has 20 heavy (non-hydrogen) atoms. The Balaban J connectivity index is 2.47. The van der Waals surface area contributed by atoms with Crippen molar-refractivity contribution in [1.29, 1.82) is 0 Å². The summed E-state index contributed by atoms with van der Waals surface area (Å²) >= 11 is 0. The highest BCUT2D eigenvalue weighted by Gasteiger charge is 2.25. The van der Waals surface area contributed by atoms with Gasteiger partial charge < -0.3 is 19.3 Å². The van der Waals surface area contributed by atoms with E-state index in [1.165, 1.54) is 0 Å². The molecular formula is C14H29N3O3. The van der Waals surface area contributed by atoms with Crippen molar-refractivity contribution >= 4 is 6.03 Å². The van der Waals surface area contributed by atoms with E-state index in [0.717, 1.165) is 26.2 Å². The Labute approximate surface area is 122 Å². The molecule has 6 heteroatoms. The zero-order valence-electron chi connectivity index (χ0n) is 13.3. The first-order valence-electron chi connectivity index (χ1n) is 7.36. The molecule has 1 aliphatic heterocycles. The van der Waals surface area contributed by atoms with Crippen molar-refractivity contribution in [2.24, 2.45) is 0 Å². The molecule has 1 fully saturated rings. The van der Waals surface area contributed by atoms with Crippen molar-refractivity contribution in [2.45, 2.75) is 19.9 Å². The number of hydrogen-bond donors (Lipinski definition) is 0. The van der Waals surface area contributed by atoms with Crippen LogP contribution in [0.25, 0.3) is 0 Å². The maximum atomic E-state index is 12.5. The Morgan fingerprint density at radius 3 is 1.95 bits per heavy atom. The van der Waals surface area contributed by atoms with Crippen molar-refractivity contribution in [1.82, 2.24) is 14.7 Å². The van der Waals surface area contributed by atoms with Crippen LogP contribution in [0, 0.1) is 0 Å². The first-order valence-corrected chi connectivity index (χ1v) is 7.36. The van der Waals surface area contributed by atoms with E-state index in [0.29, 0.717) is 32.3 Å². The minimum atomic E-state index is 0.0995. The van der Waals surface area contributed by atoms with Gasteiger partial charge in [-0.25, -0.2) is 4.79 Å². The van der Waals surface area contributed by atoms with Crippen molar-refractivity contribution < 1.29 is 14.3 Å². The SMILES string of the molecule is COCCN(CCOC)C(=O)N1CCN(C(C)C)CC1. The smallest absolute Gasteiger partial charge is 0.320 e. The van der Waals surface area contributed by atoms with Gasteiger partial charge in [0.1, 0.15) is 0 Å². The zero-order chi connectivity index (χ0) is 15.0. The van der Waals surface area contributed by atoms with Crippen LogP contribution in [0.1, 0.15) is 13.8 Å². The highest BCUT2D eigenvalue weighted by atomic mass is 16.5. The first-order chi connectivity index (χ1) is 9.60. The lowest BCUT2D eigenvalue weighted by Gasteiger charge is -2.39. The van der Waals surface area contributed by atoms with Crippen LogP contribution >= 0.6 is 0 Å². The van der Waals surface area contributed by atoms with Crippen LogP contribution in [0.4, 0.5) is 4.79 Å². The Morgan fingerprint density at radius 1 is 1.05 bits per heavy atom. The van der Waals surface area contributed by atoms with Crippen molar-refractivity contribution in [3.8, 4) is 0 Å². The minimum Gasteiger partial charge on any atom is -0.383 e. The molecule has 0 unspecified atom stereocenters. The maximum Gasteiger partial charge on any atom is 0.320 e. The second kappa shape index (κ2) is 9.15. The van der Waals surface area contributed by atoms with E-state index in [9.17, 15) is 4.79 Å². The Bertz CT molecular complexity index is 271. The quantitative estimate of drug-likeness (QED) is 0.692. The third-order valence-electron chi connectivity index (χ3n) is 3.72. The predicted molar refractivity (Wildman–Crippen MR) is 79.0 cm³/mol. The normalized spacial score (nSPS) is 16.8. The number of ether oxygens (including phenoxy) is 2. The molecule has 0 radical (unpaired) electrons. The molecule has 0 aliphatic carbocycles. The summed E-state index contributed by atoms with van der Waals surface area (Å²) < 4.78 is 10.2. The van der Waals surface area contributed by atoms with E-state index in [1.54, 1.807) is 14.2 Å². The van der Waals surface area contributed by atoms with Gasteiger partial charge in [-0.3, -0.25) is 4.90 Å². The number of amides is 2. The Morgan fingerprint density at radius 2 is 1.55 bits per heavy atom. The number of methoxy groups -OCH3 is 2. The molecule has 6 nitrogen and oxygen atoms in total. The molecule has 0 saturated carbocycles. The van der Waals surface area contributed by atoms with Gasteiger partial charge in [0.25, 0.3) is 0 Å². The second-order valence-electron chi connectivity index (χ2n) is 5.37. The molecule has 0 bridgehead atoms. The number of nitrogens with zero attached hydrogens (tertiary/aromatic N) is 3. The number of piperazine rings is 1. The monoisotopic (exact) mass is 287 g/mol. The molecule has 1 heterocycles. The second-order valence-corrected chi connectivity index (χ2v) is 5.37. The summed E-state index contributed by atoms with van der Waals surface area (Å²) in [5, 5.41) is 0. The zero-order valence-corrected chi connectivity index (χ0v) is 13.3. The van der Waals surface area contributed by atoms with E-state index in [-0.39, 0.29) is 6.03 Å². The van der Waals surface area contributed by atoms with Crippen LogP contribution in [0.3, 0.4) is 0 Å². The number of carbonyl (C=O) groups excluding carboxylic acids is 1. The van der Waals surface area contributed by atoms with Crippen molar-refractivity contribution in [3.05, 3.63) is 0 Å². The number of carbonyl (C=O) groups is 1. The highest BCUT2D eigenvalue weighted by Crippen LogP contribution is 2.08. The summed E-state index contributed by atoms with van der Waals surface area (Å²) in [6.07, 6.45) is 0. The van der Waals surface area contributed by atoms with Crippen molar-refractivity contribution in [3.63, 3.8) is 0 Å². The fourth-order valence-electron chi connectivity index (χ4n) is 2.34. The molecule has 0 aromatic heterocycles. The lowest BCUT2D eigenvalue weighted by Crippen LogP contribution is -2.54. The van der Waals surface area contributed by atoms with Gasteiger partial charge in [-0.2, -0.15) is 0 Å². The summed E-state index contributed by atoms with van der Waals surface area (Å²) in [4.78, 5) is 18.7. The van der Waals surface area contributed by atoms with Gasteiger partial charge in [0.15, 0.2) is 0 Å². The van der Waals surface area contributed by atoms with Crippen molar-refractivity contribution in [2.75, 3.05) is 66.7 Å². The molecular weight excluding hydrogens is 258 g/mol. The van der Waals surface area contributed by atoms with Gasteiger partial charge in [-0.05, 0) is 13.8 Å². The standard InChI is InChI=1S/C14H29N3O3/c1-13(2)15-5-7-16(8-6-15)14(18)17(9-11-19-3)10-12-20-4/h13H,5-12H2,1-4H3. The van der Waals surface area contributed by atoms with Crippen LogP contribution in [-0.2, 0) is 9.47 Å². The molecule has 0 atom stereocenters. The predicted octanol–water partition coefficient (Wildman–Crippen LogP) is 0.727. The lowest BCUT2D eigenvalue weighted by molar-refractivity contribution is 0.0796. The average Bonchev–Trinajstić information content (AvgIpc) is 2.47. The topological polar surface area (TPSA) is 45.3 Å². The molecule has 118 valence electrons. The Kier molecular flexibility index (Phi) is 7.87. The van der Waals surface area contributed by atoms with Gasteiger partial charge in [0, 0.05) is 59.5 Å². The van der Waals surface area contributed by atoms with Gasteiger partial charge in [0.2, 0.25) is 0 Å². The molecule has 1 aliphatic rings. The van der Waals surface area contributed by atoms with Gasteiger partial charge in [0.05, 0.1) is 13.2 Å². The average molecular weight is 287 g/mol. The van der Waals surface area contributed by atoms with Gasteiger partial charge in [-0.1, -0.05) is 0 Å². The van der Waals surface area contributed by atoms with E-state index in [2.05, 4.69) is 18.7 Å². The van der Waals surface area contributed by atoms with Crippen LogP contribution in [-0.4, -0.2) is 93.5 Å². The van der Waals surface area contributed by atoms with Gasteiger partial charge >= 0.3 is 6.03 Å². The third kappa shape index (κ3) is 5.26. The van der Waals surface area contributed by atoms with Crippen LogP contribution < -0.4 is 0 Å². The number of urea groups is 1. The fraction of sp³-hybridized carbons (Fsp3) is 0.929. The van der Waals surface area contributed by atoms with Gasteiger partial charge in [-0.15, -0.1) is 0 Å². The van der Waals surface area contributed by atoms with E-state index in [4.69, 9.17) is 9.47 Å². The fourth-order valence-corrected chi connectivity index (χ4v) is 2.34. The number of hydrogen-bond acceptors (Lipinski definition) is 4. The third-order valence-corrected chi connectivity index (χ3v) is 3.72. The lowest BCUT2D eigenvalue weighted by atomic mass is 10.2. The van der Waals surface area contributed by atoms with E-state index in [1.807, 2.05) is 9.80 Å². The summed E-state index contributed by atoms with van der Waals surface area (Å²) in [5.41, 5.74) is 0. The molecule has 0 N–H and O–H groups in total. The summed E-state index contributed by atoms with van der Waals surface area (Å²) in [6, 6.07) is 0.646. The molecule has 1 rings (SSSR count). The van der Waals surface area contributed by atoms with Crippen LogP contribution in [0.15, 0.2) is 0 Å². The largest absolute Gasteiger partial charge is 0.383 e. The molecule has 0 spiro atoms. The number of rotatable bonds is 7. The maximum absolute atomic E-state index is 12.5. The van der Waals surface area contributed by atoms with Crippen LogP contribution in [0.5, 0.6) is 0 Å².